The van der Waals surface area contributed by atoms with E-state index in [1.54, 1.807) is 31.2 Å². The predicted molar refractivity (Wildman–Crippen MR) is 141 cm³/mol. The summed E-state index contributed by atoms with van der Waals surface area (Å²) in [4.78, 5) is 25.3. The summed E-state index contributed by atoms with van der Waals surface area (Å²) in [5.74, 6) is -0.408. The highest BCUT2D eigenvalue weighted by Crippen LogP contribution is 2.37. The quantitative estimate of drug-likeness (QED) is 0.394. The van der Waals surface area contributed by atoms with Crippen LogP contribution in [0.5, 0.6) is 5.75 Å². The Balaban J connectivity index is 1.64. The lowest BCUT2D eigenvalue weighted by Gasteiger charge is -2.38. The molecule has 1 saturated heterocycles. The topological polar surface area (TPSA) is 76.0 Å². The molecule has 0 bridgehead atoms. The molecule has 2 aromatic rings. The fourth-order valence-electron chi connectivity index (χ4n) is 4.60. The van der Waals surface area contributed by atoms with Gasteiger partial charge in [-0.05, 0) is 42.3 Å². The van der Waals surface area contributed by atoms with Crippen LogP contribution in [0.2, 0.25) is 0 Å². The van der Waals surface area contributed by atoms with E-state index in [0.717, 1.165) is 10.5 Å². The van der Waals surface area contributed by atoms with Crippen molar-refractivity contribution in [2.24, 2.45) is 9.98 Å². The van der Waals surface area contributed by atoms with Gasteiger partial charge in [0.2, 0.25) is 11.8 Å². The third kappa shape index (κ3) is 7.47. The second-order valence-corrected chi connectivity index (χ2v) is 9.95. The van der Waals surface area contributed by atoms with Gasteiger partial charge in [-0.15, -0.1) is 0 Å². The molecule has 0 N–H and O–H groups in total. The van der Waals surface area contributed by atoms with Crippen LogP contribution < -0.4 is 4.74 Å². The average Bonchev–Trinajstić information content (AvgIpc) is 2.94. The number of amides is 1. The third-order valence-electron chi connectivity index (χ3n) is 6.83. The number of ether oxygens (including phenoxy) is 3. The van der Waals surface area contributed by atoms with Gasteiger partial charge in [0.25, 0.3) is 5.91 Å². The Kier molecular flexibility index (Phi) is 9.58. The molecule has 228 valence electrons. The van der Waals surface area contributed by atoms with Crippen LogP contribution in [-0.2, 0) is 33.2 Å². The van der Waals surface area contributed by atoms with Gasteiger partial charge in [-0.2, -0.15) is 26.3 Å². The lowest BCUT2D eigenvalue weighted by Crippen LogP contribution is -2.61. The molecule has 2 aromatic carbocycles. The maximum atomic E-state index is 14.0. The summed E-state index contributed by atoms with van der Waals surface area (Å²) in [5, 5.41) is 0. The molecule has 42 heavy (non-hydrogen) atoms. The Morgan fingerprint density at radius 2 is 1.71 bits per heavy atom. The van der Waals surface area contributed by atoms with E-state index in [-0.39, 0.29) is 18.2 Å². The average molecular weight is 601 g/mol. The van der Waals surface area contributed by atoms with Crippen molar-refractivity contribution in [2.75, 3.05) is 46.5 Å². The Hall–Kier alpha value is -3.49. The number of halogens is 6. The maximum absolute atomic E-state index is 14.0. The maximum Gasteiger partial charge on any atom is 0.416 e. The van der Waals surface area contributed by atoms with Gasteiger partial charge in [-0.25, -0.2) is 9.98 Å². The summed E-state index contributed by atoms with van der Waals surface area (Å²) < 4.78 is 98.2. The van der Waals surface area contributed by atoms with Crippen LogP contribution in [0.4, 0.5) is 26.3 Å². The zero-order chi connectivity index (χ0) is 30.5. The molecular weight excluding hydrogens is 570 g/mol. The highest BCUT2D eigenvalue weighted by molar-refractivity contribution is 6.05. The first kappa shape index (κ1) is 31.4. The van der Waals surface area contributed by atoms with E-state index in [1.807, 2.05) is 0 Å². The number of nitrogens with zero attached hydrogens (tertiary/aromatic N) is 4. The number of hydrogen-bond acceptors (Lipinski definition) is 7. The number of likely N-dealkylation sites (N-methyl/N-ethyl adjacent to an activating group) is 1. The van der Waals surface area contributed by atoms with Gasteiger partial charge in [0.1, 0.15) is 12.1 Å². The number of aliphatic imine (C=N–C) groups is 2. The first-order valence-electron chi connectivity index (χ1n) is 13.1. The molecule has 0 spiro atoms. The van der Waals surface area contributed by atoms with Crippen molar-refractivity contribution >= 4 is 18.5 Å². The standard InChI is InChI=1S/C28H30F6N4O4/c1-19-5-3-4-6-23(19)42-24-26(17-35-18-36-24,41-12-9-38-7-10-40-11-8-38)25(39)37(2)16-20-13-21(27(29,30)31)15-22(14-20)28(32,33)34/h3-6,13-15,17-18,24H,7-12,16H2,1-2H3. The minimum atomic E-state index is -5.03. The van der Waals surface area contributed by atoms with E-state index < -0.39 is 47.8 Å². The Bertz CT molecular complexity index is 1280. The van der Waals surface area contributed by atoms with Crippen LogP contribution in [0, 0.1) is 6.92 Å². The normalized spacial score (nSPS) is 21.4. The van der Waals surface area contributed by atoms with E-state index >= 15 is 0 Å². The molecule has 0 aromatic heterocycles. The van der Waals surface area contributed by atoms with Crippen LogP contribution in [0.1, 0.15) is 22.3 Å². The Morgan fingerprint density at radius 3 is 2.33 bits per heavy atom. The monoisotopic (exact) mass is 600 g/mol. The predicted octanol–water partition coefficient (Wildman–Crippen LogP) is 4.60. The van der Waals surface area contributed by atoms with Gasteiger partial charge in [0.15, 0.2) is 0 Å². The molecule has 2 heterocycles. The molecule has 4 rings (SSSR count). The number of rotatable bonds is 9. The van der Waals surface area contributed by atoms with Crippen molar-refractivity contribution in [3.05, 3.63) is 64.7 Å². The molecular formula is C28H30F6N4O4. The summed E-state index contributed by atoms with van der Waals surface area (Å²) in [6, 6.07) is 8.18. The van der Waals surface area contributed by atoms with Crippen molar-refractivity contribution in [2.45, 2.75) is 37.7 Å². The summed E-state index contributed by atoms with van der Waals surface area (Å²) >= 11 is 0. The van der Waals surface area contributed by atoms with Crippen LogP contribution in [0.15, 0.2) is 52.4 Å². The number of benzene rings is 2. The molecule has 0 radical (unpaired) electrons. The van der Waals surface area contributed by atoms with Gasteiger partial charge >= 0.3 is 12.4 Å². The van der Waals surface area contributed by atoms with Crippen LogP contribution >= 0.6 is 0 Å². The zero-order valence-corrected chi connectivity index (χ0v) is 22.9. The molecule has 2 aliphatic rings. The number of aryl methyl sites for hydroxylation is 1. The van der Waals surface area contributed by atoms with E-state index in [4.69, 9.17) is 14.2 Å². The highest BCUT2D eigenvalue weighted by atomic mass is 19.4. The number of hydrogen-bond donors (Lipinski definition) is 0. The zero-order valence-electron chi connectivity index (χ0n) is 22.9. The van der Waals surface area contributed by atoms with Crippen molar-refractivity contribution < 1.29 is 45.3 Å². The minimum Gasteiger partial charge on any atom is -0.464 e. The number of para-hydroxylation sites is 1. The van der Waals surface area contributed by atoms with Gasteiger partial charge in [-0.1, -0.05) is 18.2 Å². The lowest BCUT2D eigenvalue weighted by atomic mass is 9.99. The number of carbonyl (C=O) groups excluding carboxylic acids is 1. The van der Waals surface area contributed by atoms with Crippen LogP contribution in [0.25, 0.3) is 0 Å². The molecule has 0 aliphatic carbocycles. The van der Waals surface area contributed by atoms with Gasteiger partial charge in [-0.3, -0.25) is 9.69 Å². The molecule has 14 heteroatoms. The summed E-state index contributed by atoms with van der Waals surface area (Å²) in [6.45, 7) is 4.01. The second-order valence-electron chi connectivity index (χ2n) is 9.95. The van der Waals surface area contributed by atoms with Crippen molar-refractivity contribution in [1.82, 2.24) is 9.80 Å². The van der Waals surface area contributed by atoms with E-state index in [2.05, 4.69) is 14.9 Å². The summed E-state index contributed by atoms with van der Waals surface area (Å²) in [7, 11) is 1.25. The molecule has 0 saturated carbocycles. The highest BCUT2D eigenvalue weighted by Gasteiger charge is 2.51. The Morgan fingerprint density at radius 1 is 1.07 bits per heavy atom. The molecule has 1 fully saturated rings. The van der Waals surface area contributed by atoms with Crippen LogP contribution in [-0.4, -0.2) is 86.6 Å². The molecule has 2 unspecified atom stereocenters. The first-order chi connectivity index (χ1) is 19.8. The van der Waals surface area contributed by atoms with Crippen molar-refractivity contribution in [3.8, 4) is 5.75 Å². The molecule has 8 nitrogen and oxygen atoms in total. The summed E-state index contributed by atoms with van der Waals surface area (Å²) in [6.07, 6.45) is -8.96. The lowest BCUT2D eigenvalue weighted by molar-refractivity contribution is -0.159. The van der Waals surface area contributed by atoms with Gasteiger partial charge in [0, 0.05) is 33.2 Å². The van der Waals surface area contributed by atoms with Crippen LogP contribution in [0.3, 0.4) is 0 Å². The van der Waals surface area contributed by atoms with E-state index in [9.17, 15) is 31.1 Å². The SMILES string of the molecule is Cc1ccccc1OC1N=CN=CC1(OCCN1CCOCC1)C(=O)N(C)Cc1cc(C(F)(F)F)cc(C(F)(F)F)c1. The molecule has 1 amide bonds. The second kappa shape index (κ2) is 12.8. The van der Waals surface area contributed by atoms with Crippen molar-refractivity contribution in [1.29, 1.82) is 0 Å². The fraction of sp³-hybridized carbons (Fsp3) is 0.464. The third-order valence-corrected chi connectivity index (χ3v) is 6.83. The molecule has 2 atom stereocenters. The van der Waals surface area contributed by atoms with Crippen molar-refractivity contribution in [3.63, 3.8) is 0 Å². The van der Waals surface area contributed by atoms with Gasteiger partial charge in [0.05, 0.1) is 37.2 Å². The number of morpholine rings is 1. The molecule has 2 aliphatic heterocycles. The minimum absolute atomic E-state index is 0.0243. The van der Waals surface area contributed by atoms with E-state index in [0.29, 0.717) is 50.7 Å². The van der Waals surface area contributed by atoms with E-state index in [1.165, 1.54) is 19.6 Å². The number of alkyl halides is 6. The fourth-order valence-corrected chi connectivity index (χ4v) is 4.60. The Labute approximate surface area is 238 Å². The van der Waals surface area contributed by atoms with Gasteiger partial charge < -0.3 is 19.1 Å². The largest absolute Gasteiger partial charge is 0.464 e. The smallest absolute Gasteiger partial charge is 0.416 e. The summed E-state index contributed by atoms with van der Waals surface area (Å²) in [5.41, 5.74) is -4.55. The number of carbonyl (C=O) groups is 1. The first-order valence-corrected chi connectivity index (χ1v) is 13.1.